The number of nitriles is 1. The van der Waals surface area contributed by atoms with Crippen molar-refractivity contribution in [2.24, 2.45) is 11.3 Å². The molecule has 148 valence electrons. The first-order valence-electron chi connectivity index (χ1n) is 10.3. The van der Waals surface area contributed by atoms with E-state index in [-0.39, 0.29) is 28.6 Å². The van der Waals surface area contributed by atoms with Crippen molar-refractivity contribution >= 4 is 28.4 Å². The molecule has 1 atom stereocenters. The molecule has 2 aliphatic carbocycles. The van der Waals surface area contributed by atoms with E-state index in [1.807, 2.05) is 12.1 Å². The quantitative estimate of drug-likeness (QED) is 0.873. The molecule has 1 aliphatic heterocycles. The average Bonchev–Trinajstić information content (AvgIpc) is 3.65. The molecule has 29 heavy (non-hydrogen) atoms. The van der Waals surface area contributed by atoms with Crippen molar-refractivity contribution in [1.82, 2.24) is 9.88 Å². The lowest BCUT2D eigenvalue weighted by Crippen LogP contribution is -2.40. The second kappa shape index (κ2) is 6.28. The van der Waals surface area contributed by atoms with E-state index in [9.17, 15) is 14.9 Å². The lowest BCUT2D eigenvalue weighted by molar-refractivity contribution is -0.132. The summed E-state index contributed by atoms with van der Waals surface area (Å²) < 4.78 is 0. The Hall–Kier alpha value is -2.94. The number of amides is 2. The first kappa shape index (κ1) is 18.1. The van der Waals surface area contributed by atoms with Crippen LogP contribution in [0.3, 0.4) is 0 Å². The maximum absolute atomic E-state index is 12.7. The maximum Gasteiger partial charge on any atom is 0.228 e. The number of fused-ring (bicyclic) bond motifs is 1. The van der Waals surface area contributed by atoms with Crippen molar-refractivity contribution in [2.75, 3.05) is 18.4 Å². The van der Waals surface area contributed by atoms with E-state index < -0.39 is 0 Å². The Morgan fingerprint density at radius 1 is 1.21 bits per heavy atom. The van der Waals surface area contributed by atoms with Crippen molar-refractivity contribution in [3.63, 3.8) is 0 Å². The van der Waals surface area contributed by atoms with E-state index >= 15 is 0 Å². The molecule has 2 saturated carbocycles. The predicted molar refractivity (Wildman–Crippen MR) is 109 cm³/mol. The lowest BCUT2D eigenvalue weighted by atomic mass is 9.92. The van der Waals surface area contributed by atoms with Crippen LogP contribution in [0.5, 0.6) is 0 Å². The number of rotatable bonds is 3. The number of hydrogen-bond donors (Lipinski definition) is 1. The van der Waals surface area contributed by atoms with Crippen molar-refractivity contribution in [1.29, 1.82) is 5.26 Å². The molecule has 1 aromatic carbocycles. The van der Waals surface area contributed by atoms with E-state index in [0.29, 0.717) is 31.7 Å². The Kier molecular flexibility index (Phi) is 3.92. The average molecular weight is 388 g/mol. The number of piperidine rings is 1. The fourth-order valence-corrected chi connectivity index (χ4v) is 5.01. The molecular weight excluding hydrogens is 364 g/mol. The smallest absolute Gasteiger partial charge is 0.228 e. The van der Waals surface area contributed by atoms with Gasteiger partial charge in [0.15, 0.2) is 0 Å². The van der Waals surface area contributed by atoms with Crippen molar-refractivity contribution in [2.45, 2.75) is 44.4 Å². The van der Waals surface area contributed by atoms with Gasteiger partial charge in [0.2, 0.25) is 11.8 Å². The van der Waals surface area contributed by atoms with E-state index in [0.717, 1.165) is 35.6 Å². The van der Waals surface area contributed by atoms with Crippen LogP contribution in [-0.4, -0.2) is 34.8 Å². The second-order valence-corrected chi connectivity index (χ2v) is 8.88. The Morgan fingerprint density at radius 3 is 2.59 bits per heavy atom. The third kappa shape index (κ3) is 2.88. The predicted octanol–water partition coefficient (Wildman–Crippen LogP) is 3.38. The third-order valence-corrected chi connectivity index (χ3v) is 7.21. The summed E-state index contributed by atoms with van der Waals surface area (Å²) in [6, 6.07) is 10.6. The Balaban J connectivity index is 1.33. The first-order chi connectivity index (χ1) is 14.0. The van der Waals surface area contributed by atoms with Crippen LogP contribution in [0.25, 0.3) is 10.8 Å². The molecule has 1 N–H and O–H groups in total. The summed E-state index contributed by atoms with van der Waals surface area (Å²) >= 11 is 0. The molecule has 1 spiro atoms. The zero-order valence-electron chi connectivity index (χ0n) is 16.6. The van der Waals surface area contributed by atoms with Gasteiger partial charge in [-0.25, -0.2) is 4.98 Å². The summed E-state index contributed by atoms with van der Waals surface area (Å²) in [6.45, 7) is 2.82. The number of carbonyl (C=O) groups is 2. The molecule has 6 nitrogen and oxygen atoms in total. The molecule has 0 radical (unpaired) electrons. The highest BCUT2D eigenvalue weighted by atomic mass is 16.2. The van der Waals surface area contributed by atoms with Crippen LogP contribution in [0, 0.1) is 22.7 Å². The maximum atomic E-state index is 12.7. The molecule has 1 saturated heterocycles. The van der Waals surface area contributed by atoms with E-state index in [1.54, 1.807) is 18.0 Å². The summed E-state index contributed by atoms with van der Waals surface area (Å²) in [7, 11) is 0. The number of carbonyl (C=O) groups excluding carboxylic acids is 2. The minimum atomic E-state index is -0.321. The highest BCUT2D eigenvalue weighted by Crippen LogP contribution is 2.78. The van der Waals surface area contributed by atoms with Crippen molar-refractivity contribution in [3.8, 4) is 6.07 Å². The summed E-state index contributed by atoms with van der Waals surface area (Å²) in [5, 5.41) is 14.7. The van der Waals surface area contributed by atoms with Gasteiger partial charge in [0.05, 0.1) is 11.5 Å². The Bertz CT molecular complexity index is 1060. The van der Waals surface area contributed by atoms with Crippen LogP contribution in [0.4, 0.5) is 5.82 Å². The molecule has 3 aliphatic rings. The van der Waals surface area contributed by atoms with Gasteiger partial charge in [-0.15, -0.1) is 0 Å². The molecule has 2 aromatic rings. The Labute approximate surface area is 169 Å². The second-order valence-electron chi connectivity index (χ2n) is 8.88. The van der Waals surface area contributed by atoms with Crippen molar-refractivity contribution < 1.29 is 9.59 Å². The van der Waals surface area contributed by atoms with E-state index in [2.05, 4.69) is 28.5 Å². The molecule has 1 unspecified atom stereocenters. The number of likely N-dealkylation sites (tertiary alicyclic amines) is 1. The van der Waals surface area contributed by atoms with Gasteiger partial charge >= 0.3 is 0 Å². The number of nitrogens with zero attached hydrogens (tertiary/aromatic N) is 3. The minimum Gasteiger partial charge on any atom is -0.343 e. The summed E-state index contributed by atoms with van der Waals surface area (Å²) in [5.74, 6) is 0.465. The minimum absolute atomic E-state index is 0.0381. The van der Waals surface area contributed by atoms with Gasteiger partial charge in [-0.2, -0.15) is 5.26 Å². The van der Waals surface area contributed by atoms with Gasteiger partial charge in [0, 0.05) is 37.5 Å². The number of hydrogen-bond acceptors (Lipinski definition) is 4. The van der Waals surface area contributed by atoms with Gasteiger partial charge in [0.25, 0.3) is 0 Å². The standard InChI is InChI=1S/C23H24N4O2/c1-15(28)27-8-4-16(5-9-27)21(29)26-20-11-18-10-19(3-2-17(18)12-25-20)23(14-24)13-22(23)6-7-22/h2-3,10-12,16H,4-9,13H2,1H3,(H,25,26,29). The summed E-state index contributed by atoms with van der Waals surface area (Å²) in [6.07, 6.45) is 6.39. The van der Waals surface area contributed by atoms with E-state index in [1.165, 1.54) is 0 Å². The van der Waals surface area contributed by atoms with Gasteiger partial charge < -0.3 is 10.2 Å². The largest absolute Gasteiger partial charge is 0.343 e. The number of anilines is 1. The molecule has 2 amide bonds. The van der Waals surface area contributed by atoms with Gasteiger partial charge in [-0.3, -0.25) is 9.59 Å². The van der Waals surface area contributed by atoms with Crippen molar-refractivity contribution in [3.05, 3.63) is 36.0 Å². The van der Waals surface area contributed by atoms with Gasteiger partial charge in [-0.1, -0.05) is 12.1 Å². The normalized spacial score (nSPS) is 24.9. The van der Waals surface area contributed by atoms with E-state index in [4.69, 9.17) is 0 Å². The van der Waals surface area contributed by atoms with Crippen LogP contribution < -0.4 is 5.32 Å². The molecule has 1 aromatic heterocycles. The molecular formula is C23H24N4O2. The molecule has 5 rings (SSSR count). The highest BCUT2D eigenvalue weighted by molar-refractivity contribution is 5.94. The Morgan fingerprint density at radius 2 is 1.97 bits per heavy atom. The van der Waals surface area contributed by atoms with Crippen LogP contribution in [-0.2, 0) is 15.0 Å². The zero-order valence-corrected chi connectivity index (χ0v) is 16.6. The lowest BCUT2D eigenvalue weighted by Gasteiger charge is -2.30. The van der Waals surface area contributed by atoms with Crippen LogP contribution in [0.2, 0.25) is 0 Å². The van der Waals surface area contributed by atoms with Crippen LogP contribution in [0.15, 0.2) is 30.5 Å². The highest BCUT2D eigenvalue weighted by Gasteiger charge is 2.75. The fourth-order valence-electron chi connectivity index (χ4n) is 5.01. The first-order valence-corrected chi connectivity index (χ1v) is 10.3. The van der Waals surface area contributed by atoms with Gasteiger partial charge in [0.1, 0.15) is 5.82 Å². The number of benzene rings is 1. The number of aromatic nitrogens is 1. The number of pyridine rings is 1. The van der Waals surface area contributed by atoms with Crippen LogP contribution >= 0.6 is 0 Å². The summed E-state index contributed by atoms with van der Waals surface area (Å²) in [5.41, 5.74) is 0.998. The molecule has 6 heteroatoms. The topological polar surface area (TPSA) is 86.1 Å². The number of nitrogens with one attached hydrogen (secondary N) is 1. The molecule has 2 heterocycles. The summed E-state index contributed by atoms with van der Waals surface area (Å²) in [4.78, 5) is 30.3. The fraction of sp³-hybridized carbons (Fsp3) is 0.478. The van der Waals surface area contributed by atoms with Crippen LogP contribution in [0.1, 0.15) is 44.6 Å². The SMILES string of the molecule is CC(=O)N1CCC(C(=O)Nc2cc3cc(C4(C#N)CC45CC5)ccc3cn2)CC1. The zero-order chi connectivity index (χ0) is 20.2. The monoisotopic (exact) mass is 388 g/mol. The third-order valence-electron chi connectivity index (χ3n) is 7.21. The molecule has 0 bridgehead atoms. The molecule has 3 fully saturated rings. The van der Waals surface area contributed by atoms with Gasteiger partial charge in [-0.05, 0) is 60.6 Å².